The van der Waals surface area contributed by atoms with Gasteiger partial charge in [0.1, 0.15) is 0 Å². The van der Waals surface area contributed by atoms with Crippen LogP contribution in [0, 0.1) is 0 Å². The zero-order valence-electron chi connectivity index (χ0n) is 12.1. The molecule has 0 amide bonds. The number of H-pyrrole nitrogens is 1. The standard InChI is InChI=1S/C17H13N3O2S/c21-23(22,12-6-2-1-3-7-12)17-15(11-19-20-17)14-10-18-16-9-5-4-8-13(14)16/h1-10,18H,11H2. The van der Waals surface area contributed by atoms with Crippen molar-refractivity contribution in [1.82, 2.24) is 4.98 Å². The molecule has 5 nitrogen and oxygen atoms in total. The molecular formula is C17H13N3O2S. The molecule has 1 aliphatic heterocycles. The van der Waals surface area contributed by atoms with Crippen molar-refractivity contribution >= 4 is 26.3 Å². The molecule has 0 radical (unpaired) electrons. The summed E-state index contributed by atoms with van der Waals surface area (Å²) in [6.07, 6.45) is 1.82. The normalized spacial score (nSPS) is 14.8. The molecule has 0 saturated carbocycles. The number of aromatic amines is 1. The Bertz CT molecular complexity index is 1050. The molecule has 0 fully saturated rings. The Kier molecular flexibility index (Phi) is 3.12. The Hall–Kier alpha value is -2.73. The van der Waals surface area contributed by atoms with Gasteiger partial charge in [0.25, 0.3) is 0 Å². The lowest BCUT2D eigenvalue weighted by Gasteiger charge is -2.05. The van der Waals surface area contributed by atoms with E-state index in [-0.39, 0.29) is 16.5 Å². The molecule has 4 rings (SSSR count). The maximum Gasteiger partial charge on any atom is 0.226 e. The van der Waals surface area contributed by atoms with Gasteiger partial charge in [0.2, 0.25) is 9.84 Å². The summed E-state index contributed by atoms with van der Waals surface area (Å²) in [5, 5.41) is 8.89. The number of rotatable bonds is 3. The van der Waals surface area contributed by atoms with Crippen molar-refractivity contribution in [3.05, 3.63) is 71.4 Å². The molecule has 0 aliphatic carbocycles. The van der Waals surface area contributed by atoms with Crippen LogP contribution >= 0.6 is 0 Å². The highest BCUT2D eigenvalue weighted by atomic mass is 32.2. The Morgan fingerprint density at radius 3 is 2.52 bits per heavy atom. The minimum atomic E-state index is -3.68. The number of benzene rings is 2. The number of sulfone groups is 1. The van der Waals surface area contributed by atoms with Crippen LogP contribution in [0.5, 0.6) is 0 Å². The molecule has 0 saturated heterocycles. The van der Waals surface area contributed by atoms with Crippen LogP contribution in [0.2, 0.25) is 0 Å². The number of nitrogens with zero attached hydrogens (tertiary/aromatic N) is 2. The third kappa shape index (κ3) is 2.19. The van der Waals surface area contributed by atoms with Gasteiger partial charge in [-0.1, -0.05) is 36.4 Å². The Balaban J connectivity index is 1.93. The summed E-state index contributed by atoms with van der Waals surface area (Å²) in [6, 6.07) is 16.1. The second-order valence-electron chi connectivity index (χ2n) is 5.25. The summed E-state index contributed by atoms with van der Waals surface area (Å²) >= 11 is 0. The quantitative estimate of drug-likeness (QED) is 0.796. The predicted octanol–water partition coefficient (Wildman–Crippen LogP) is 3.78. The van der Waals surface area contributed by atoms with Crippen molar-refractivity contribution in [3.63, 3.8) is 0 Å². The fourth-order valence-electron chi connectivity index (χ4n) is 2.75. The molecule has 0 bridgehead atoms. The minimum Gasteiger partial charge on any atom is -0.361 e. The van der Waals surface area contributed by atoms with Gasteiger partial charge in [-0.2, -0.15) is 5.11 Å². The van der Waals surface area contributed by atoms with Gasteiger partial charge in [0.05, 0.1) is 11.4 Å². The summed E-state index contributed by atoms with van der Waals surface area (Å²) in [6.45, 7) is 0.267. The van der Waals surface area contributed by atoms with Crippen molar-refractivity contribution < 1.29 is 8.42 Å². The summed E-state index contributed by atoms with van der Waals surface area (Å²) in [5.41, 5.74) is 2.42. The number of fused-ring (bicyclic) bond motifs is 1. The van der Waals surface area contributed by atoms with Gasteiger partial charge < -0.3 is 4.98 Å². The van der Waals surface area contributed by atoms with Crippen LogP contribution in [0.25, 0.3) is 16.5 Å². The smallest absolute Gasteiger partial charge is 0.226 e. The summed E-state index contributed by atoms with van der Waals surface area (Å²) < 4.78 is 25.7. The second-order valence-corrected chi connectivity index (χ2v) is 7.11. The van der Waals surface area contributed by atoms with Crippen LogP contribution in [0.4, 0.5) is 0 Å². The van der Waals surface area contributed by atoms with E-state index in [0.29, 0.717) is 5.57 Å². The van der Waals surface area contributed by atoms with Crippen LogP contribution in [0.15, 0.2) is 80.9 Å². The van der Waals surface area contributed by atoms with Crippen molar-refractivity contribution in [3.8, 4) is 0 Å². The largest absolute Gasteiger partial charge is 0.361 e. The first-order valence-electron chi connectivity index (χ1n) is 7.15. The molecular weight excluding hydrogens is 310 g/mol. The van der Waals surface area contributed by atoms with E-state index in [4.69, 9.17) is 0 Å². The first-order valence-corrected chi connectivity index (χ1v) is 8.63. The lowest BCUT2D eigenvalue weighted by Crippen LogP contribution is -2.04. The van der Waals surface area contributed by atoms with Gasteiger partial charge in [-0.25, -0.2) is 8.42 Å². The molecule has 1 N–H and O–H groups in total. The third-order valence-corrected chi connectivity index (χ3v) is 5.60. The van der Waals surface area contributed by atoms with Gasteiger partial charge in [0, 0.05) is 28.2 Å². The van der Waals surface area contributed by atoms with Crippen molar-refractivity contribution in [1.29, 1.82) is 0 Å². The maximum atomic E-state index is 12.9. The van der Waals surface area contributed by atoms with E-state index < -0.39 is 9.84 Å². The fraction of sp³-hybridized carbons (Fsp3) is 0.0588. The first-order chi connectivity index (χ1) is 11.2. The lowest BCUT2D eigenvalue weighted by atomic mass is 10.1. The highest BCUT2D eigenvalue weighted by Crippen LogP contribution is 2.35. The zero-order valence-corrected chi connectivity index (χ0v) is 12.9. The van der Waals surface area contributed by atoms with Crippen molar-refractivity contribution in [2.45, 2.75) is 4.90 Å². The SMILES string of the molecule is O=S(=O)(C1=C(c2c[nH]c3ccccc23)CN=N1)c1ccccc1. The van der Waals surface area contributed by atoms with Crippen LogP contribution in [0.3, 0.4) is 0 Å². The van der Waals surface area contributed by atoms with Crippen molar-refractivity contribution in [2.75, 3.05) is 6.54 Å². The minimum absolute atomic E-state index is 0.0356. The molecule has 0 spiro atoms. The molecule has 0 atom stereocenters. The van der Waals surface area contributed by atoms with E-state index in [0.717, 1.165) is 16.5 Å². The average Bonchev–Trinajstić information content (AvgIpc) is 3.22. The summed E-state index contributed by atoms with van der Waals surface area (Å²) in [4.78, 5) is 3.39. The molecule has 2 aromatic carbocycles. The summed E-state index contributed by atoms with van der Waals surface area (Å²) in [7, 11) is -3.68. The van der Waals surface area contributed by atoms with Gasteiger partial charge >= 0.3 is 0 Å². The molecule has 1 aromatic heterocycles. The van der Waals surface area contributed by atoms with E-state index >= 15 is 0 Å². The molecule has 0 unspecified atom stereocenters. The van der Waals surface area contributed by atoms with Crippen LogP contribution in [-0.2, 0) is 9.84 Å². The lowest BCUT2D eigenvalue weighted by molar-refractivity contribution is 0.601. The van der Waals surface area contributed by atoms with Crippen LogP contribution in [-0.4, -0.2) is 19.9 Å². The fourth-order valence-corrected chi connectivity index (χ4v) is 4.15. The highest BCUT2D eigenvalue weighted by Gasteiger charge is 2.29. The number of hydrogen-bond acceptors (Lipinski definition) is 4. The van der Waals surface area contributed by atoms with E-state index in [1.165, 1.54) is 0 Å². The number of hydrogen-bond donors (Lipinski definition) is 1. The topological polar surface area (TPSA) is 74.7 Å². The third-order valence-electron chi connectivity index (χ3n) is 3.87. The van der Waals surface area contributed by atoms with Crippen molar-refractivity contribution in [2.24, 2.45) is 10.2 Å². The monoisotopic (exact) mass is 323 g/mol. The molecule has 114 valence electrons. The number of azo groups is 1. The number of para-hydroxylation sites is 1. The number of nitrogens with one attached hydrogen (secondary N) is 1. The highest BCUT2D eigenvalue weighted by molar-refractivity contribution is 7.95. The average molecular weight is 323 g/mol. The Labute approximate surface area is 133 Å². The maximum absolute atomic E-state index is 12.9. The van der Waals surface area contributed by atoms with E-state index in [9.17, 15) is 8.42 Å². The molecule has 3 aromatic rings. The second kappa shape index (κ2) is 5.17. The van der Waals surface area contributed by atoms with Gasteiger partial charge in [0.15, 0.2) is 5.03 Å². The Morgan fingerprint density at radius 2 is 1.70 bits per heavy atom. The van der Waals surface area contributed by atoms with Gasteiger partial charge in [-0.05, 0) is 18.2 Å². The molecule has 1 aliphatic rings. The zero-order chi connectivity index (χ0) is 15.9. The Morgan fingerprint density at radius 1 is 0.957 bits per heavy atom. The molecule has 6 heteroatoms. The van der Waals surface area contributed by atoms with E-state index in [1.54, 1.807) is 30.3 Å². The van der Waals surface area contributed by atoms with Gasteiger partial charge in [-0.3, -0.25) is 0 Å². The number of aromatic nitrogens is 1. The first kappa shape index (κ1) is 13.9. The van der Waals surface area contributed by atoms with Gasteiger partial charge in [-0.15, -0.1) is 5.11 Å². The molecule has 23 heavy (non-hydrogen) atoms. The van der Waals surface area contributed by atoms with E-state index in [2.05, 4.69) is 15.2 Å². The summed E-state index contributed by atoms with van der Waals surface area (Å²) in [5.74, 6) is 0. The van der Waals surface area contributed by atoms with Crippen LogP contribution < -0.4 is 0 Å². The van der Waals surface area contributed by atoms with E-state index in [1.807, 2.05) is 30.5 Å². The van der Waals surface area contributed by atoms with Crippen LogP contribution in [0.1, 0.15) is 5.56 Å². The predicted molar refractivity (Wildman–Crippen MR) is 88.6 cm³/mol. The molecule has 2 heterocycles.